The number of aromatic nitrogens is 1. The predicted molar refractivity (Wildman–Crippen MR) is 72.1 cm³/mol. The van der Waals surface area contributed by atoms with Gasteiger partial charge in [-0.25, -0.2) is 4.98 Å². The zero-order valence-electron chi connectivity index (χ0n) is 12.0. The fraction of sp³-hybridized carbons (Fsp3) is 0.615. The standard InChI is InChI=1S/C13H20N4O3/c1-9(2)17-5-4-16(7-10(17)12(18)14-3)13(19)11-6-15-8-20-11/h6,8-10H,4-5,7H2,1-3H3,(H,14,18)/t10-/m0/s1. The molecule has 1 aliphatic heterocycles. The largest absolute Gasteiger partial charge is 0.438 e. The molecule has 1 aliphatic rings. The molecule has 2 rings (SSSR count). The number of rotatable bonds is 3. The summed E-state index contributed by atoms with van der Waals surface area (Å²) in [4.78, 5) is 31.7. The zero-order valence-corrected chi connectivity index (χ0v) is 12.0. The Morgan fingerprint density at radius 3 is 2.75 bits per heavy atom. The highest BCUT2D eigenvalue weighted by molar-refractivity contribution is 5.92. The van der Waals surface area contributed by atoms with Gasteiger partial charge in [0.1, 0.15) is 6.04 Å². The van der Waals surface area contributed by atoms with E-state index in [-0.39, 0.29) is 29.7 Å². The number of carbonyl (C=O) groups excluding carboxylic acids is 2. The molecule has 1 aromatic rings. The number of hydrogen-bond donors (Lipinski definition) is 1. The van der Waals surface area contributed by atoms with Crippen LogP contribution in [0.25, 0.3) is 0 Å². The third kappa shape index (κ3) is 2.82. The average Bonchev–Trinajstić information content (AvgIpc) is 2.99. The van der Waals surface area contributed by atoms with Crippen LogP contribution >= 0.6 is 0 Å². The van der Waals surface area contributed by atoms with Gasteiger partial charge in [-0.2, -0.15) is 0 Å². The van der Waals surface area contributed by atoms with E-state index in [9.17, 15) is 9.59 Å². The second kappa shape index (κ2) is 6.04. The van der Waals surface area contributed by atoms with Gasteiger partial charge in [-0.3, -0.25) is 14.5 Å². The molecule has 1 aromatic heterocycles. The molecule has 1 fully saturated rings. The monoisotopic (exact) mass is 280 g/mol. The summed E-state index contributed by atoms with van der Waals surface area (Å²) in [5.41, 5.74) is 0. The molecule has 1 atom stereocenters. The van der Waals surface area contributed by atoms with E-state index in [4.69, 9.17) is 4.42 Å². The van der Waals surface area contributed by atoms with Gasteiger partial charge in [0.15, 0.2) is 6.39 Å². The highest BCUT2D eigenvalue weighted by Crippen LogP contribution is 2.16. The lowest BCUT2D eigenvalue weighted by Crippen LogP contribution is -2.61. The summed E-state index contributed by atoms with van der Waals surface area (Å²) in [5, 5.41) is 2.66. The van der Waals surface area contributed by atoms with Gasteiger partial charge < -0.3 is 14.6 Å². The summed E-state index contributed by atoms with van der Waals surface area (Å²) in [6, 6.07) is -0.0829. The number of carbonyl (C=O) groups is 2. The Balaban J connectivity index is 2.12. The topological polar surface area (TPSA) is 78.7 Å². The van der Waals surface area contributed by atoms with Crippen LogP contribution < -0.4 is 5.32 Å². The maximum absolute atomic E-state index is 12.2. The van der Waals surface area contributed by atoms with Crippen molar-refractivity contribution < 1.29 is 14.0 Å². The van der Waals surface area contributed by atoms with E-state index in [1.54, 1.807) is 11.9 Å². The van der Waals surface area contributed by atoms with E-state index in [1.165, 1.54) is 12.6 Å². The number of nitrogens with zero attached hydrogens (tertiary/aromatic N) is 3. The minimum absolute atomic E-state index is 0.0752. The molecule has 0 aromatic carbocycles. The van der Waals surface area contributed by atoms with Crippen molar-refractivity contribution in [2.24, 2.45) is 0 Å². The Morgan fingerprint density at radius 2 is 2.20 bits per heavy atom. The van der Waals surface area contributed by atoms with Crippen LogP contribution in [-0.2, 0) is 4.79 Å². The Bertz CT molecular complexity index is 472. The summed E-state index contributed by atoms with van der Waals surface area (Å²) in [6.45, 7) is 5.69. The van der Waals surface area contributed by atoms with Gasteiger partial charge >= 0.3 is 0 Å². The highest BCUT2D eigenvalue weighted by Gasteiger charge is 2.35. The maximum Gasteiger partial charge on any atom is 0.291 e. The number of amides is 2. The number of hydrogen-bond acceptors (Lipinski definition) is 5. The van der Waals surface area contributed by atoms with E-state index < -0.39 is 0 Å². The predicted octanol–water partition coefficient (Wildman–Crippen LogP) is -0.0446. The molecular formula is C13H20N4O3. The van der Waals surface area contributed by atoms with Crippen molar-refractivity contribution in [1.29, 1.82) is 0 Å². The molecule has 1 saturated heterocycles. The summed E-state index contributed by atoms with van der Waals surface area (Å²) in [7, 11) is 1.61. The van der Waals surface area contributed by atoms with Crippen molar-refractivity contribution in [3.05, 3.63) is 18.4 Å². The first kappa shape index (κ1) is 14.5. The van der Waals surface area contributed by atoms with Crippen LogP contribution in [0.1, 0.15) is 24.4 Å². The molecule has 0 aliphatic carbocycles. The molecule has 7 heteroatoms. The maximum atomic E-state index is 12.2. The second-order valence-corrected chi connectivity index (χ2v) is 5.08. The zero-order chi connectivity index (χ0) is 14.7. The van der Waals surface area contributed by atoms with Crippen LogP contribution in [0.3, 0.4) is 0 Å². The Kier molecular flexibility index (Phi) is 4.39. The molecule has 0 bridgehead atoms. The summed E-state index contributed by atoms with van der Waals surface area (Å²) >= 11 is 0. The summed E-state index contributed by atoms with van der Waals surface area (Å²) in [6.07, 6.45) is 2.62. The lowest BCUT2D eigenvalue weighted by molar-refractivity contribution is -0.128. The fourth-order valence-corrected chi connectivity index (χ4v) is 2.48. The third-order valence-electron chi connectivity index (χ3n) is 3.56. The van der Waals surface area contributed by atoms with E-state index in [2.05, 4.69) is 15.2 Å². The van der Waals surface area contributed by atoms with Crippen LogP contribution in [0.2, 0.25) is 0 Å². The molecule has 7 nitrogen and oxygen atoms in total. The number of likely N-dealkylation sites (N-methyl/N-ethyl adjacent to an activating group) is 1. The normalized spacial score (nSPS) is 20.2. The van der Waals surface area contributed by atoms with Gasteiger partial charge in [0.25, 0.3) is 5.91 Å². The van der Waals surface area contributed by atoms with E-state index in [0.717, 1.165) is 0 Å². The van der Waals surface area contributed by atoms with Crippen molar-refractivity contribution in [2.75, 3.05) is 26.7 Å². The van der Waals surface area contributed by atoms with Crippen LogP contribution in [-0.4, -0.2) is 65.4 Å². The molecule has 0 spiro atoms. The lowest BCUT2D eigenvalue weighted by Gasteiger charge is -2.42. The van der Waals surface area contributed by atoms with Crippen LogP contribution in [0.4, 0.5) is 0 Å². The quantitative estimate of drug-likeness (QED) is 0.840. The molecule has 0 saturated carbocycles. The number of oxazole rings is 1. The van der Waals surface area contributed by atoms with Crippen molar-refractivity contribution in [3.63, 3.8) is 0 Å². The van der Waals surface area contributed by atoms with Crippen molar-refractivity contribution >= 4 is 11.8 Å². The average molecular weight is 280 g/mol. The molecule has 20 heavy (non-hydrogen) atoms. The van der Waals surface area contributed by atoms with Gasteiger partial charge in [0.2, 0.25) is 11.7 Å². The number of piperazine rings is 1. The van der Waals surface area contributed by atoms with Gasteiger partial charge in [0, 0.05) is 32.7 Å². The molecule has 0 radical (unpaired) electrons. The Hall–Kier alpha value is -1.89. The van der Waals surface area contributed by atoms with Crippen LogP contribution in [0.15, 0.2) is 17.0 Å². The fourth-order valence-electron chi connectivity index (χ4n) is 2.48. The van der Waals surface area contributed by atoms with Crippen molar-refractivity contribution in [3.8, 4) is 0 Å². The van der Waals surface area contributed by atoms with Gasteiger partial charge in [-0.1, -0.05) is 0 Å². The second-order valence-electron chi connectivity index (χ2n) is 5.08. The summed E-state index contributed by atoms with van der Waals surface area (Å²) < 4.78 is 5.03. The SMILES string of the molecule is CNC(=O)[C@@H]1CN(C(=O)c2cnco2)CCN1C(C)C. The molecular weight excluding hydrogens is 260 g/mol. The molecule has 110 valence electrons. The van der Waals surface area contributed by atoms with Crippen molar-refractivity contribution in [2.45, 2.75) is 25.9 Å². The Labute approximate surface area is 117 Å². The molecule has 1 N–H and O–H groups in total. The van der Waals surface area contributed by atoms with Crippen LogP contribution in [0.5, 0.6) is 0 Å². The first-order valence-corrected chi connectivity index (χ1v) is 6.69. The van der Waals surface area contributed by atoms with Crippen LogP contribution in [0, 0.1) is 0 Å². The summed E-state index contributed by atoms with van der Waals surface area (Å²) in [5.74, 6) is -0.0905. The third-order valence-corrected chi connectivity index (χ3v) is 3.56. The van der Waals surface area contributed by atoms with E-state index >= 15 is 0 Å². The van der Waals surface area contributed by atoms with Gasteiger partial charge in [0.05, 0.1) is 6.20 Å². The highest BCUT2D eigenvalue weighted by atomic mass is 16.3. The molecule has 0 unspecified atom stereocenters. The van der Waals surface area contributed by atoms with Crippen molar-refractivity contribution in [1.82, 2.24) is 20.1 Å². The van der Waals surface area contributed by atoms with Gasteiger partial charge in [-0.15, -0.1) is 0 Å². The van der Waals surface area contributed by atoms with Gasteiger partial charge in [-0.05, 0) is 13.8 Å². The minimum atomic E-state index is -0.333. The lowest BCUT2D eigenvalue weighted by atomic mass is 10.1. The van der Waals surface area contributed by atoms with E-state index in [1.807, 2.05) is 13.8 Å². The first-order valence-electron chi connectivity index (χ1n) is 6.69. The first-order chi connectivity index (χ1) is 9.54. The van der Waals surface area contributed by atoms with E-state index in [0.29, 0.717) is 19.6 Å². The number of nitrogens with one attached hydrogen (secondary N) is 1. The minimum Gasteiger partial charge on any atom is -0.438 e. The Morgan fingerprint density at radius 1 is 1.45 bits per heavy atom. The molecule has 2 amide bonds. The molecule has 2 heterocycles. The smallest absolute Gasteiger partial charge is 0.291 e.